The van der Waals surface area contributed by atoms with Gasteiger partial charge in [-0.2, -0.15) is 0 Å². The van der Waals surface area contributed by atoms with E-state index in [2.05, 4.69) is 5.32 Å². The molecular formula is C15H17FN2O2. The fourth-order valence-electron chi connectivity index (χ4n) is 3.11. The molecule has 2 amide bonds. The number of nitrogens with two attached hydrogens (primary N) is 1. The van der Waals surface area contributed by atoms with Crippen molar-refractivity contribution in [3.8, 4) is 0 Å². The van der Waals surface area contributed by atoms with Crippen molar-refractivity contribution in [2.75, 3.05) is 5.32 Å². The minimum atomic E-state index is -0.707. The van der Waals surface area contributed by atoms with E-state index >= 15 is 0 Å². The van der Waals surface area contributed by atoms with E-state index in [1.807, 2.05) is 0 Å². The molecule has 2 aliphatic carbocycles. The number of nitrogens with one attached hydrogen (secondary N) is 1. The number of rotatable bonds is 3. The first-order valence-corrected chi connectivity index (χ1v) is 6.86. The fraction of sp³-hybridized carbons (Fsp3) is 0.467. The second kappa shape index (κ2) is 4.58. The lowest BCUT2D eigenvalue weighted by atomic mass is 10.0. The van der Waals surface area contributed by atoms with Gasteiger partial charge in [0.2, 0.25) is 11.8 Å². The largest absolute Gasteiger partial charge is 0.366 e. The summed E-state index contributed by atoms with van der Waals surface area (Å²) in [5.74, 6) is 0.105. The van der Waals surface area contributed by atoms with Crippen LogP contribution in [0, 0.1) is 30.5 Å². The van der Waals surface area contributed by atoms with Crippen LogP contribution in [0.3, 0.4) is 0 Å². The van der Waals surface area contributed by atoms with Crippen LogP contribution in [-0.4, -0.2) is 11.8 Å². The molecule has 0 saturated heterocycles. The third-order valence-corrected chi connectivity index (χ3v) is 4.50. The molecule has 2 fully saturated rings. The van der Waals surface area contributed by atoms with Gasteiger partial charge in [-0.25, -0.2) is 4.39 Å². The van der Waals surface area contributed by atoms with E-state index in [1.165, 1.54) is 12.5 Å². The van der Waals surface area contributed by atoms with Crippen molar-refractivity contribution < 1.29 is 14.0 Å². The van der Waals surface area contributed by atoms with Gasteiger partial charge < -0.3 is 11.1 Å². The summed E-state index contributed by atoms with van der Waals surface area (Å²) in [7, 11) is 0. The molecule has 2 aliphatic rings. The minimum Gasteiger partial charge on any atom is -0.366 e. The van der Waals surface area contributed by atoms with E-state index < -0.39 is 11.7 Å². The van der Waals surface area contributed by atoms with Crippen molar-refractivity contribution in [1.29, 1.82) is 0 Å². The van der Waals surface area contributed by atoms with Crippen LogP contribution in [0.4, 0.5) is 10.1 Å². The molecule has 2 saturated carbocycles. The van der Waals surface area contributed by atoms with Gasteiger partial charge >= 0.3 is 0 Å². The topological polar surface area (TPSA) is 72.2 Å². The average Bonchev–Trinajstić information content (AvgIpc) is 3.01. The van der Waals surface area contributed by atoms with E-state index in [9.17, 15) is 14.0 Å². The van der Waals surface area contributed by atoms with Crippen molar-refractivity contribution in [2.24, 2.45) is 23.5 Å². The number of primary amides is 1. The standard InChI is InChI=1S/C15H17FN2O2/c1-7-12(16)5-10(14(17)19)6-13(7)18-15(20)11-3-8-2-9(8)4-11/h5-6,8-9,11H,2-4H2,1H3,(H2,17,19)(H,18,20). The first kappa shape index (κ1) is 13.1. The Bertz CT molecular complexity index is 590. The van der Waals surface area contributed by atoms with Gasteiger partial charge in [0.05, 0.1) is 0 Å². The third-order valence-electron chi connectivity index (χ3n) is 4.50. The van der Waals surface area contributed by atoms with Crippen LogP contribution in [0.5, 0.6) is 0 Å². The molecule has 0 radical (unpaired) electrons. The maximum absolute atomic E-state index is 13.7. The molecule has 4 nitrogen and oxygen atoms in total. The molecule has 3 N–H and O–H groups in total. The summed E-state index contributed by atoms with van der Waals surface area (Å²) in [4.78, 5) is 23.3. The second-order valence-corrected chi connectivity index (χ2v) is 5.91. The van der Waals surface area contributed by atoms with E-state index in [-0.39, 0.29) is 17.4 Å². The minimum absolute atomic E-state index is 0.0124. The predicted octanol–water partition coefficient (Wildman–Crippen LogP) is 2.22. The number of benzene rings is 1. The summed E-state index contributed by atoms with van der Waals surface area (Å²) in [6, 6.07) is 2.53. The molecule has 0 aromatic heterocycles. The summed E-state index contributed by atoms with van der Waals surface area (Å²) in [6.07, 6.45) is 3.09. The molecule has 106 valence electrons. The third kappa shape index (κ3) is 2.28. The van der Waals surface area contributed by atoms with Crippen molar-refractivity contribution in [2.45, 2.75) is 26.2 Å². The van der Waals surface area contributed by atoms with Crippen LogP contribution in [0.2, 0.25) is 0 Å². The number of anilines is 1. The summed E-state index contributed by atoms with van der Waals surface area (Å²) in [6.45, 7) is 1.57. The number of halogens is 1. The fourth-order valence-corrected chi connectivity index (χ4v) is 3.11. The van der Waals surface area contributed by atoms with Crippen molar-refractivity contribution in [3.05, 3.63) is 29.1 Å². The Labute approximate surface area is 116 Å². The summed E-state index contributed by atoms with van der Waals surface area (Å²) >= 11 is 0. The van der Waals surface area contributed by atoms with Gasteiger partial charge in [0.1, 0.15) is 5.82 Å². The number of carbonyl (C=O) groups is 2. The van der Waals surface area contributed by atoms with E-state index in [0.29, 0.717) is 23.1 Å². The number of fused-ring (bicyclic) bond motifs is 1. The number of carbonyl (C=O) groups excluding carboxylic acids is 2. The average molecular weight is 276 g/mol. The summed E-state index contributed by atoms with van der Waals surface area (Å²) in [5.41, 5.74) is 5.89. The molecule has 2 atom stereocenters. The van der Waals surface area contributed by atoms with Crippen molar-refractivity contribution in [3.63, 3.8) is 0 Å². The Balaban J connectivity index is 1.79. The van der Waals surface area contributed by atoms with Crippen LogP contribution in [0.15, 0.2) is 12.1 Å². The molecule has 0 spiro atoms. The quantitative estimate of drug-likeness (QED) is 0.888. The smallest absolute Gasteiger partial charge is 0.248 e. The monoisotopic (exact) mass is 276 g/mol. The molecule has 2 unspecified atom stereocenters. The Kier molecular flexibility index (Phi) is 3.00. The van der Waals surface area contributed by atoms with Crippen LogP contribution in [-0.2, 0) is 4.79 Å². The number of hydrogen-bond acceptors (Lipinski definition) is 2. The number of amides is 2. The first-order chi connectivity index (χ1) is 9.45. The molecule has 1 aromatic carbocycles. The lowest BCUT2D eigenvalue weighted by Gasteiger charge is -2.15. The van der Waals surface area contributed by atoms with Crippen molar-refractivity contribution in [1.82, 2.24) is 0 Å². The van der Waals surface area contributed by atoms with E-state index in [1.54, 1.807) is 6.92 Å². The van der Waals surface area contributed by atoms with Crippen LogP contribution in [0.1, 0.15) is 35.2 Å². The SMILES string of the molecule is Cc1c(F)cc(C(N)=O)cc1NC(=O)C1CC2CC2C1. The molecule has 3 rings (SSSR count). The van der Waals surface area contributed by atoms with Gasteiger partial charge in [-0.1, -0.05) is 0 Å². The molecule has 0 bridgehead atoms. The maximum Gasteiger partial charge on any atom is 0.248 e. The van der Waals surface area contributed by atoms with Gasteiger partial charge in [-0.15, -0.1) is 0 Å². The Morgan fingerprint density at radius 3 is 2.50 bits per heavy atom. The molecule has 1 aromatic rings. The van der Waals surface area contributed by atoms with Crippen LogP contribution in [0.25, 0.3) is 0 Å². The zero-order valence-electron chi connectivity index (χ0n) is 11.3. The zero-order valence-corrected chi connectivity index (χ0v) is 11.3. The van der Waals surface area contributed by atoms with Gasteiger partial charge in [-0.3, -0.25) is 9.59 Å². The zero-order chi connectivity index (χ0) is 14.4. The molecule has 20 heavy (non-hydrogen) atoms. The van der Waals surface area contributed by atoms with E-state index in [0.717, 1.165) is 18.9 Å². The maximum atomic E-state index is 13.7. The van der Waals surface area contributed by atoms with Gasteiger partial charge in [-0.05, 0) is 50.2 Å². The highest BCUT2D eigenvalue weighted by atomic mass is 19.1. The normalized spacial score (nSPS) is 27.0. The lowest BCUT2D eigenvalue weighted by molar-refractivity contribution is -0.120. The molecule has 0 aliphatic heterocycles. The molecular weight excluding hydrogens is 259 g/mol. The Morgan fingerprint density at radius 2 is 1.90 bits per heavy atom. The first-order valence-electron chi connectivity index (χ1n) is 6.86. The number of hydrogen-bond donors (Lipinski definition) is 2. The van der Waals surface area contributed by atoms with E-state index in [4.69, 9.17) is 5.73 Å². The molecule has 5 heteroatoms. The highest BCUT2D eigenvalue weighted by molar-refractivity contribution is 5.97. The van der Waals surface area contributed by atoms with Gasteiger partial charge in [0, 0.05) is 22.7 Å². The highest BCUT2D eigenvalue weighted by Gasteiger charge is 2.48. The van der Waals surface area contributed by atoms with Crippen molar-refractivity contribution >= 4 is 17.5 Å². The van der Waals surface area contributed by atoms with Crippen LogP contribution >= 0.6 is 0 Å². The predicted molar refractivity (Wildman–Crippen MR) is 72.6 cm³/mol. The Morgan fingerprint density at radius 1 is 1.25 bits per heavy atom. The summed E-state index contributed by atoms with van der Waals surface area (Å²) in [5, 5.41) is 2.74. The Hall–Kier alpha value is -1.91. The lowest BCUT2D eigenvalue weighted by Crippen LogP contribution is -2.23. The van der Waals surface area contributed by atoms with Crippen LogP contribution < -0.4 is 11.1 Å². The van der Waals surface area contributed by atoms with Gasteiger partial charge in [0.15, 0.2) is 0 Å². The molecule has 0 heterocycles. The highest BCUT2D eigenvalue weighted by Crippen LogP contribution is 2.54. The second-order valence-electron chi connectivity index (χ2n) is 5.91. The summed E-state index contributed by atoms with van der Waals surface area (Å²) < 4.78 is 13.7. The van der Waals surface area contributed by atoms with Gasteiger partial charge in [0.25, 0.3) is 0 Å².